The van der Waals surface area contributed by atoms with Gasteiger partial charge in [0.2, 0.25) is 15.9 Å². The highest BCUT2D eigenvalue weighted by molar-refractivity contribution is 7.89. The van der Waals surface area contributed by atoms with E-state index in [4.69, 9.17) is 0 Å². The van der Waals surface area contributed by atoms with E-state index in [1.807, 2.05) is 30.3 Å². The van der Waals surface area contributed by atoms with E-state index in [1.54, 1.807) is 13.8 Å². The van der Waals surface area contributed by atoms with E-state index < -0.39 is 10.0 Å². The Balaban J connectivity index is 1.51. The molecule has 1 aliphatic rings. The topological polar surface area (TPSA) is 95.2 Å². The predicted molar refractivity (Wildman–Crippen MR) is 103 cm³/mol. The largest absolute Gasteiger partial charge is 0.353 e. The number of aromatic amines is 1. The van der Waals surface area contributed by atoms with Crippen molar-refractivity contribution in [2.24, 2.45) is 0 Å². The number of piperidine rings is 1. The zero-order valence-electron chi connectivity index (χ0n) is 15.7. The van der Waals surface area contributed by atoms with E-state index in [-0.39, 0.29) is 16.8 Å². The van der Waals surface area contributed by atoms with E-state index in [0.29, 0.717) is 50.2 Å². The summed E-state index contributed by atoms with van der Waals surface area (Å²) in [6.07, 6.45) is 2.38. The van der Waals surface area contributed by atoms with Gasteiger partial charge in [0.05, 0.1) is 11.4 Å². The molecule has 3 rings (SSSR count). The molecule has 2 heterocycles. The van der Waals surface area contributed by atoms with Gasteiger partial charge in [-0.3, -0.25) is 9.89 Å². The summed E-state index contributed by atoms with van der Waals surface area (Å²) in [6, 6.07) is 9.93. The van der Waals surface area contributed by atoms with Gasteiger partial charge in [-0.15, -0.1) is 0 Å². The van der Waals surface area contributed by atoms with Crippen LogP contribution in [0.5, 0.6) is 0 Å². The first kappa shape index (κ1) is 19.6. The van der Waals surface area contributed by atoms with Crippen molar-refractivity contribution in [1.29, 1.82) is 0 Å². The summed E-state index contributed by atoms with van der Waals surface area (Å²) in [5, 5.41) is 9.76. The quantitative estimate of drug-likeness (QED) is 0.788. The first-order valence-corrected chi connectivity index (χ1v) is 10.7. The van der Waals surface area contributed by atoms with Crippen molar-refractivity contribution >= 4 is 15.9 Å². The third-order valence-electron chi connectivity index (χ3n) is 4.96. The van der Waals surface area contributed by atoms with Crippen LogP contribution in [0.3, 0.4) is 0 Å². The third kappa shape index (κ3) is 4.56. The molecule has 2 N–H and O–H groups in total. The molecule has 0 spiro atoms. The SMILES string of the molecule is Cc1n[nH]c(C)c1S(=O)(=O)N1CCC(NC(=O)CCc2ccccc2)CC1. The van der Waals surface area contributed by atoms with Crippen LogP contribution in [-0.4, -0.2) is 48.0 Å². The average Bonchev–Trinajstić information content (AvgIpc) is 3.00. The Morgan fingerprint density at radius 1 is 1.22 bits per heavy atom. The van der Waals surface area contributed by atoms with Crippen molar-refractivity contribution in [2.75, 3.05) is 13.1 Å². The van der Waals surface area contributed by atoms with Gasteiger partial charge >= 0.3 is 0 Å². The fourth-order valence-electron chi connectivity index (χ4n) is 3.49. The van der Waals surface area contributed by atoms with Crippen LogP contribution in [0.1, 0.15) is 36.2 Å². The van der Waals surface area contributed by atoms with Gasteiger partial charge in [-0.2, -0.15) is 9.40 Å². The van der Waals surface area contributed by atoms with Gasteiger partial charge in [0.1, 0.15) is 4.90 Å². The fourth-order valence-corrected chi connectivity index (χ4v) is 5.29. The number of nitrogens with zero attached hydrogens (tertiary/aromatic N) is 2. The molecule has 1 aromatic heterocycles. The molecule has 0 unspecified atom stereocenters. The summed E-state index contributed by atoms with van der Waals surface area (Å²) >= 11 is 0. The maximum Gasteiger partial charge on any atom is 0.246 e. The lowest BCUT2D eigenvalue weighted by Crippen LogP contribution is -2.46. The lowest BCUT2D eigenvalue weighted by Gasteiger charge is -2.31. The first-order chi connectivity index (χ1) is 12.9. The standard InChI is InChI=1S/C19H26N4O3S/c1-14-19(15(2)22-21-14)27(25,26)23-12-10-17(11-13-23)20-18(24)9-8-16-6-4-3-5-7-16/h3-7,17H,8-13H2,1-2H3,(H,20,24)(H,21,22). The minimum absolute atomic E-state index is 0.0154. The maximum absolute atomic E-state index is 12.9. The van der Waals surface area contributed by atoms with E-state index in [9.17, 15) is 13.2 Å². The summed E-state index contributed by atoms with van der Waals surface area (Å²) in [5.41, 5.74) is 2.19. The van der Waals surface area contributed by atoms with E-state index in [0.717, 1.165) is 5.56 Å². The number of carbonyl (C=O) groups is 1. The zero-order valence-corrected chi connectivity index (χ0v) is 16.6. The third-order valence-corrected chi connectivity index (χ3v) is 7.12. The Morgan fingerprint density at radius 2 is 1.89 bits per heavy atom. The number of benzene rings is 1. The van der Waals surface area contributed by atoms with Gasteiger partial charge < -0.3 is 5.32 Å². The molecule has 2 aromatic rings. The van der Waals surface area contributed by atoms with Crippen LogP contribution in [0.4, 0.5) is 0 Å². The smallest absolute Gasteiger partial charge is 0.246 e. The first-order valence-electron chi connectivity index (χ1n) is 9.23. The predicted octanol–water partition coefficient (Wildman–Crippen LogP) is 1.93. The second kappa shape index (κ2) is 8.22. The molecule has 8 heteroatoms. The van der Waals surface area contributed by atoms with Crippen LogP contribution in [0.25, 0.3) is 0 Å². The van der Waals surface area contributed by atoms with Gasteiger partial charge in [0.25, 0.3) is 0 Å². The van der Waals surface area contributed by atoms with Crippen molar-refractivity contribution in [1.82, 2.24) is 19.8 Å². The number of aromatic nitrogens is 2. The fraction of sp³-hybridized carbons (Fsp3) is 0.474. The summed E-state index contributed by atoms with van der Waals surface area (Å²) < 4.78 is 27.2. The van der Waals surface area contributed by atoms with Crippen LogP contribution >= 0.6 is 0 Å². The van der Waals surface area contributed by atoms with E-state index in [1.165, 1.54) is 4.31 Å². The number of aryl methyl sites for hydroxylation is 3. The Kier molecular flexibility index (Phi) is 5.96. The summed E-state index contributed by atoms with van der Waals surface area (Å²) in [6.45, 7) is 4.20. The molecule has 0 atom stereocenters. The number of sulfonamides is 1. The van der Waals surface area contributed by atoms with Gasteiger partial charge in [0.15, 0.2) is 0 Å². The molecule has 1 fully saturated rings. The van der Waals surface area contributed by atoms with Crippen molar-refractivity contribution in [3.8, 4) is 0 Å². The Hall–Kier alpha value is -2.19. The summed E-state index contributed by atoms with van der Waals surface area (Å²) in [5.74, 6) is 0.0154. The van der Waals surface area contributed by atoms with Crippen LogP contribution in [0.2, 0.25) is 0 Å². The molecule has 0 radical (unpaired) electrons. The number of hydrogen-bond donors (Lipinski definition) is 2. The van der Waals surface area contributed by atoms with Gasteiger partial charge in [-0.1, -0.05) is 30.3 Å². The molecule has 1 saturated heterocycles. The van der Waals surface area contributed by atoms with E-state index >= 15 is 0 Å². The van der Waals surface area contributed by atoms with Crippen LogP contribution < -0.4 is 5.32 Å². The molecule has 0 saturated carbocycles. The average molecular weight is 391 g/mol. The molecule has 0 bridgehead atoms. The molecular weight excluding hydrogens is 364 g/mol. The zero-order chi connectivity index (χ0) is 19.4. The molecule has 7 nitrogen and oxygen atoms in total. The highest BCUT2D eigenvalue weighted by Gasteiger charge is 2.33. The van der Waals surface area contributed by atoms with Crippen molar-refractivity contribution in [3.63, 3.8) is 0 Å². The molecule has 1 aliphatic heterocycles. The number of nitrogens with one attached hydrogen (secondary N) is 2. The second-order valence-electron chi connectivity index (χ2n) is 6.99. The molecule has 1 amide bonds. The number of hydrogen-bond acceptors (Lipinski definition) is 4. The Labute approximate surface area is 160 Å². The highest BCUT2D eigenvalue weighted by Crippen LogP contribution is 2.24. The lowest BCUT2D eigenvalue weighted by atomic mass is 10.1. The van der Waals surface area contributed by atoms with Crippen molar-refractivity contribution in [3.05, 3.63) is 47.3 Å². The molecular formula is C19H26N4O3S. The molecule has 27 heavy (non-hydrogen) atoms. The lowest BCUT2D eigenvalue weighted by molar-refractivity contribution is -0.122. The number of carbonyl (C=O) groups excluding carboxylic acids is 1. The molecule has 146 valence electrons. The summed E-state index contributed by atoms with van der Waals surface area (Å²) in [7, 11) is -3.55. The van der Waals surface area contributed by atoms with Gasteiger partial charge in [-0.25, -0.2) is 8.42 Å². The number of rotatable bonds is 6. The number of H-pyrrole nitrogens is 1. The summed E-state index contributed by atoms with van der Waals surface area (Å²) in [4.78, 5) is 12.5. The molecule has 1 aromatic carbocycles. The minimum atomic E-state index is -3.55. The van der Waals surface area contributed by atoms with Crippen molar-refractivity contribution < 1.29 is 13.2 Å². The normalized spacial score (nSPS) is 16.4. The minimum Gasteiger partial charge on any atom is -0.353 e. The van der Waals surface area contributed by atoms with Crippen molar-refractivity contribution in [2.45, 2.75) is 50.5 Å². The maximum atomic E-state index is 12.9. The monoisotopic (exact) mass is 390 g/mol. The highest BCUT2D eigenvalue weighted by atomic mass is 32.2. The Morgan fingerprint density at radius 3 is 2.48 bits per heavy atom. The van der Waals surface area contributed by atoms with Crippen LogP contribution in [0, 0.1) is 13.8 Å². The van der Waals surface area contributed by atoms with Crippen LogP contribution in [-0.2, 0) is 21.2 Å². The molecule has 0 aliphatic carbocycles. The van der Waals surface area contributed by atoms with Gasteiger partial charge in [-0.05, 0) is 38.7 Å². The van der Waals surface area contributed by atoms with E-state index in [2.05, 4.69) is 15.5 Å². The van der Waals surface area contributed by atoms with Crippen LogP contribution in [0.15, 0.2) is 35.2 Å². The second-order valence-corrected chi connectivity index (χ2v) is 8.87. The Bertz CT molecular complexity index is 865. The van der Waals surface area contributed by atoms with Gasteiger partial charge in [0, 0.05) is 25.6 Å². The number of amides is 1.